The fourth-order valence-corrected chi connectivity index (χ4v) is 1.41. The molecule has 0 aromatic rings. The first-order valence-corrected chi connectivity index (χ1v) is 5.18. The summed E-state index contributed by atoms with van der Waals surface area (Å²) in [5, 5.41) is 0. The maximum absolute atomic E-state index is 5.65. The molecule has 2 unspecified atom stereocenters. The van der Waals surface area contributed by atoms with E-state index in [-0.39, 0.29) is 18.0 Å². The summed E-state index contributed by atoms with van der Waals surface area (Å²) in [6.45, 7) is 9.40. The van der Waals surface area contributed by atoms with Crippen LogP contribution in [0, 0.1) is 5.41 Å². The second-order valence-corrected chi connectivity index (χ2v) is 3.93. The van der Waals surface area contributed by atoms with Gasteiger partial charge in [-0.1, -0.05) is 19.9 Å². The van der Waals surface area contributed by atoms with E-state index in [0.29, 0.717) is 13.2 Å². The van der Waals surface area contributed by atoms with E-state index in [4.69, 9.17) is 14.2 Å². The normalized spacial score (nSPS) is 30.6. The number of hydrogen-bond donors (Lipinski definition) is 0. The Labute approximate surface area is 86.0 Å². The molecule has 0 amide bonds. The highest BCUT2D eigenvalue weighted by atomic mass is 16.8. The Bertz CT molecular complexity index is 199. The van der Waals surface area contributed by atoms with Crippen LogP contribution in [0.2, 0.25) is 0 Å². The average Bonchev–Trinajstić information content (AvgIpc) is 2.12. The van der Waals surface area contributed by atoms with Gasteiger partial charge in [0.25, 0.3) is 0 Å². The van der Waals surface area contributed by atoms with Crippen molar-refractivity contribution in [2.45, 2.75) is 40.3 Å². The molecule has 0 fully saturated rings. The molecular formula is C11H20O3. The van der Waals surface area contributed by atoms with Crippen LogP contribution in [0.5, 0.6) is 0 Å². The van der Waals surface area contributed by atoms with E-state index in [2.05, 4.69) is 19.9 Å². The van der Waals surface area contributed by atoms with Gasteiger partial charge in [-0.3, -0.25) is 0 Å². The summed E-state index contributed by atoms with van der Waals surface area (Å²) < 4.78 is 16.5. The first-order chi connectivity index (χ1) is 6.60. The van der Waals surface area contributed by atoms with Gasteiger partial charge in [0.2, 0.25) is 0 Å². The number of rotatable bonds is 4. The van der Waals surface area contributed by atoms with Crippen LogP contribution in [-0.4, -0.2) is 25.8 Å². The van der Waals surface area contributed by atoms with E-state index >= 15 is 0 Å². The molecule has 0 aliphatic carbocycles. The summed E-state index contributed by atoms with van der Waals surface area (Å²) in [6, 6.07) is 0. The van der Waals surface area contributed by atoms with E-state index in [1.54, 1.807) is 0 Å². The fourth-order valence-electron chi connectivity index (χ4n) is 1.41. The van der Waals surface area contributed by atoms with Crippen molar-refractivity contribution in [2.75, 3.05) is 13.2 Å². The molecule has 1 aliphatic rings. The van der Waals surface area contributed by atoms with Crippen molar-refractivity contribution in [2.24, 2.45) is 5.41 Å². The molecule has 0 spiro atoms. The lowest BCUT2D eigenvalue weighted by molar-refractivity contribution is -0.261. The van der Waals surface area contributed by atoms with Crippen molar-refractivity contribution in [3.63, 3.8) is 0 Å². The van der Waals surface area contributed by atoms with Crippen molar-refractivity contribution in [1.82, 2.24) is 0 Å². The van der Waals surface area contributed by atoms with Gasteiger partial charge in [-0.25, -0.2) is 0 Å². The molecule has 0 saturated carbocycles. The summed E-state index contributed by atoms with van der Waals surface area (Å²) in [5.41, 5.74) is -0.0798. The Hall–Kier alpha value is -0.380. The third kappa shape index (κ3) is 2.80. The van der Waals surface area contributed by atoms with Crippen LogP contribution in [0.25, 0.3) is 0 Å². The summed E-state index contributed by atoms with van der Waals surface area (Å²) in [5.74, 6) is 0. The van der Waals surface area contributed by atoms with Crippen molar-refractivity contribution >= 4 is 0 Å². The van der Waals surface area contributed by atoms with Gasteiger partial charge < -0.3 is 14.2 Å². The van der Waals surface area contributed by atoms with Gasteiger partial charge in [0.1, 0.15) is 0 Å². The molecule has 0 bridgehead atoms. The summed E-state index contributed by atoms with van der Waals surface area (Å²) in [7, 11) is 0. The second kappa shape index (κ2) is 4.91. The zero-order valence-corrected chi connectivity index (χ0v) is 9.45. The average molecular weight is 200 g/mol. The molecule has 3 heteroatoms. The lowest BCUT2D eigenvalue weighted by Crippen LogP contribution is -2.40. The van der Waals surface area contributed by atoms with Gasteiger partial charge in [0.05, 0.1) is 0 Å². The monoisotopic (exact) mass is 200 g/mol. The van der Waals surface area contributed by atoms with Crippen molar-refractivity contribution in [1.29, 1.82) is 0 Å². The summed E-state index contributed by atoms with van der Waals surface area (Å²) in [6.07, 6.45) is 3.56. The molecule has 0 aromatic heterocycles. The predicted octanol–water partition coefficient (Wildman–Crippen LogP) is 2.32. The smallest absolute Gasteiger partial charge is 0.179 e. The van der Waals surface area contributed by atoms with E-state index in [0.717, 1.165) is 0 Å². The van der Waals surface area contributed by atoms with Crippen LogP contribution >= 0.6 is 0 Å². The quantitative estimate of drug-likeness (QED) is 0.652. The molecule has 2 atom stereocenters. The third-order valence-electron chi connectivity index (χ3n) is 2.20. The first-order valence-electron chi connectivity index (χ1n) is 5.18. The Morgan fingerprint density at radius 1 is 1.21 bits per heavy atom. The van der Waals surface area contributed by atoms with Crippen molar-refractivity contribution in [3.8, 4) is 0 Å². The minimum Gasteiger partial charge on any atom is -0.352 e. The highest BCUT2D eigenvalue weighted by Gasteiger charge is 2.34. The van der Waals surface area contributed by atoms with Gasteiger partial charge in [-0.2, -0.15) is 0 Å². The molecule has 0 radical (unpaired) electrons. The van der Waals surface area contributed by atoms with E-state index in [9.17, 15) is 0 Å². The van der Waals surface area contributed by atoms with Gasteiger partial charge in [-0.15, -0.1) is 0 Å². The first kappa shape index (κ1) is 11.7. The van der Waals surface area contributed by atoms with Crippen LogP contribution in [0.3, 0.4) is 0 Å². The summed E-state index contributed by atoms with van der Waals surface area (Å²) >= 11 is 0. The van der Waals surface area contributed by atoms with Crippen LogP contribution in [-0.2, 0) is 14.2 Å². The second-order valence-electron chi connectivity index (χ2n) is 3.93. The maximum Gasteiger partial charge on any atom is 0.179 e. The molecule has 1 rings (SSSR count). The van der Waals surface area contributed by atoms with Gasteiger partial charge >= 0.3 is 0 Å². The van der Waals surface area contributed by atoms with E-state index in [1.165, 1.54) is 0 Å². The molecule has 1 heterocycles. The minimum absolute atomic E-state index is 0.0798. The van der Waals surface area contributed by atoms with E-state index < -0.39 is 0 Å². The molecule has 0 N–H and O–H groups in total. The molecule has 0 saturated heterocycles. The van der Waals surface area contributed by atoms with Crippen LogP contribution in [0.15, 0.2) is 12.2 Å². The minimum atomic E-state index is -0.260. The van der Waals surface area contributed by atoms with Crippen LogP contribution in [0.4, 0.5) is 0 Å². The number of hydrogen-bond acceptors (Lipinski definition) is 3. The lowest BCUT2D eigenvalue weighted by atomic mass is 9.90. The summed E-state index contributed by atoms with van der Waals surface area (Å²) in [4.78, 5) is 0. The number of ether oxygens (including phenoxy) is 3. The fraction of sp³-hybridized carbons (Fsp3) is 0.818. The third-order valence-corrected chi connectivity index (χ3v) is 2.20. The van der Waals surface area contributed by atoms with Crippen molar-refractivity contribution in [3.05, 3.63) is 12.2 Å². The van der Waals surface area contributed by atoms with E-state index in [1.807, 2.05) is 19.9 Å². The standard InChI is InChI=1S/C11H20O3/c1-5-12-9-7-8-11(3,4)10(14-9)13-6-2/h7-10H,5-6H2,1-4H3. The SMILES string of the molecule is CCOC1C=CC(C)(C)C(OCC)O1. The molecule has 1 aliphatic heterocycles. The lowest BCUT2D eigenvalue weighted by Gasteiger charge is -2.36. The largest absolute Gasteiger partial charge is 0.352 e. The Morgan fingerprint density at radius 3 is 2.43 bits per heavy atom. The molecule has 14 heavy (non-hydrogen) atoms. The van der Waals surface area contributed by atoms with Crippen molar-refractivity contribution < 1.29 is 14.2 Å². The maximum atomic E-state index is 5.65. The zero-order chi connectivity index (χ0) is 10.6. The Kier molecular flexibility index (Phi) is 4.11. The van der Waals surface area contributed by atoms with Crippen LogP contribution < -0.4 is 0 Å². The zero-order valence-electron chi connectivity index (χ0n) is 9.45. The van der Waals surface area contributed by atoms with Gasteiger partial charge in [0, 0.05) is 18.6 Å². The predicted molar refractivity (Wildman–Crippen MR) is 54.8 cm³/mol. The molecule has 3 nitrogen and oxygen atoms in total. The molecule has 82 valence electrons. The Balaban J connectivity index is 2.61. The Morgan fingerprint density at radius 2 is 1.86 bits per heavy atom. The molecular weight excluding hydrogens is 180 g/mol. The molecule has 0 aromatic carbocycles. The highest BCUT2D eigenvalue weighted by Crippen LogP contribution is 2.31. The van der Waals surface area contributed by atoms with Gasteiger partial charge in [0.15, 0.2) is 12.6 Å². The topological polar surface area (TPSA) is 27.7 Å². The van der Waals surface area contributed by atoms with Crippen LogP contribution in [0.1, 0.15) is 27.7 Å². The highest BCUT2D eigenvalue weighted by molar-refractivity contribution is 5.02. The van der Waals surface area contributed by atoms with Gasteiger partial charge in [-0.05, 0) is 19.9 Å².